The summed E-state index contributed by atoms with van der Waals surface area (Å²) in [7, 11) is 1.95. The van der Waals surface area contributed by atoms with Gasteiger partial charge in [-0.15, -0.1) is 11.3 Å². The molecule has 0 radical (unpaired) electrons. The van der Waals surface area contributed by atoms with Gasteiger partial charge in [-0.2, -0.15) is 0 Å². The molecule has 0 atom stereocenters. The highest BCUT2D eigenvalue weighted by molar-refractivity contribution is 9.10. The standard InChI is InChI=1S/C9H12BrNOS/c1-7(12)4-11(2)5-9-3-8(10)6-13-9/h3,6H,4-5H2,1-2H3. The zero-order valence-electron chi connectivity index (χ0n) is 7.71. The molecule has 1 heterocycles. The smallest absolute Gasteiger partial charge is 0.143 e. The fourth-order valence-corrected chi connectivity index (χ4v) is 2.67. The Hall–Kier alpha value is -0.190. The second-order valence-electron chi connectivity index (χ2n) is 3.11. The summed E-state index contributed by atoms with van der Waals surface area (Å²) in [6.45, 7) is 2.98. The van der Waals surface area contributed by atoms with Crippen LogP contribution in [0.15, 0.2) is 15.9 Å². The molecule has 0 aromatic carbocycles. The van der Waals surface area contributed by atoms with Gasteiger partial charge in [-0.3, -0.25) is 9.69 Å². The largest absolute Gasteiger partial charge is 0.299 e. The van der Waals surface area contributed by atoms with E-state index in [4.69, 9.17) is 0 Å². The number of hydrogen-bond donors (Lipinski definition) is 0. The van der Waals surface area contributed by atoms with Crippen LogP contribution in [0.3, 0.4) is 0 Å². The van der Waals surface area contributed by atoms with E-state index < -0.39 is 0 Å². The highest BCUT2D eigenvalue weighted by Crippen LogP contribution is 2.20. The zero-order chi connectivity index (χ0) is 9.84. The predicted octanol–water partition coefficient (Wildman–Crippen LogP) is 2.53. The van der Waals surface area contributed by atoms with Gasteiger partial charge in [-0.05, 0) is 36.0 Å². The van der Waals surface area contributed by atoms with Crippen LogP contribution < -0.4 is 0 Å². The second kappa shape index (κ2) is 4.88. The van der Waals surface area contributed by atoms with E-state index in [1.165, 1.54) is 4.88 Å². The topological polar surface area (TPSA) is 20.3 Å². The quantitative estimate of drug-likeness (QED) is 0.831. The molecule has 1 aromatic rings. The highest BCUT2D eigenvalue weighted by Gasteiger charge is 2.04. The minimum absolute atomic E-state index is 0.207. The zero-order valence-corrected chi connectivity index (χ0v) is 10.1. The molecule has 0 unspecified atom stereocenters. The first kappa shape index (κ1) is 10.9. The minimum Gasteiger partial charge on any atom is -0.299 e. The maximum Gasteiger partial charge on any atom is 0.143 e. The van der Waals surface area contributed by atoms with Gasteiger partial charge in [0.05, 0.1) is 6.54 Å². The minimum atomic E-state index is 0.207. The molecule has 1 aromatic heterocycles. The van der Waals surface area contributed by atoms with Crippen LogP contribution >= 0.6 is 27.3 Å². The molecule has 0 saturated carbocycles. The van der Waals surface area contributed by atoms with E-state index in [1.807, 2.05) is 11.9 Å². The lowest BCUT2D eigenvalue weighted by Gasteiger charge is -2.12. The lowest BCUT2D eigenvalue weighted by atomic mass is 10.4. The molecular formula is C9H12BrNOS. The molecule has 0 aliphatic carbocycles. The van der Waals surface area contributed by atoms with Gasteiger partial charge in [0.2, 0.25) is 0 Å². The Morgan fingerprint density at radius 2 is 2.38 bits per heavy atom. The van der Waals surface area contributed by atoms with Crippen LogP contribution in [-0.2, 0) is 11.3 Å². The number of likely N-dealkylation sites (N-methyl/N-ethyl adjacent to an activating group) is 1. The first-order chi connectivity index (χ1) is 6.08. The monoisotopic (exact) mass is 261 g/mol. The van der Waals surface area contributed by atoms with Crippen LogP contribution in [-0.4, -0.2) is 24.3 Å². The predicted molar refractivity (Wildman–Crippen MR) is 59.0 cm³/mol. The van der Waals surface area contributed by atoms with E-state index in [0.717, 1.165) is 11.0 Å². The second-order valence-corrected chi connectivity index (χ2v) is 5.02. The van der Waals surface area contributed by atoms with Gasteiger partial charge in [-0.1, -0.05) is 0 Å². The third kappa shape index (κ3) is 4.02. The van der Waals surface area contributed by atoms with Gasteiger partial charge in [-0.25, -0.2) is 0 Å². The molecule has 0 saturated heterocycles. The summed E-state index contributed by atoms with van der Waals surface area (Å²) in [6, 6.07) is 2.08. The van der Waals surface area contributed by atoms with Crippen molar-refractivity contribution >= 4 is 33.0 Å². The Labute approximate surface area is 90.7 Å². The number of thiophene rings is 1. The van der Waals surface area contributed by atoms with Crippen LogP contribution in [0.5, 0.6) is 0 Å². The number of hydrogen-bond acceptors (Lipinski definition) is 3. The van der Waals surface area contributed by atoms with Gasteiger partial charge < -0.3 is 0 Å². The van der Waals surface area contributed by atoms with Crippen LogP contribution in [0.1, 0.15) is 11.8 Å². The van der Waals surface area contributed by atoms with E-state index in [9.17, 15) is 4.79 Å². The molecule has 4 heteroatoms. The molecule has 0 fully saturated rings. The van der Waals surface area contributed by atoms with Crippen molar-refractivity contribution in [3.63, 3.8) is 0 Å². The van der Waals surface area contributed by atoms with Crippen LogP contribution in [0.25, 0.3) is 0 Å². The van der Waals surface area contributed by atoms with Crippen LogP contribution in [0.2, 0.25) is 0 Å². The first-order valence-electron chi connectivity index (χ1n) is 3.99. The van der Waals surface area contributed by atoms with E-state index >= 15 is 0 Å². The Kier molecular flexibility index (Phi) is 4.09. The SMILES string of the molecule is CC(=O)CN(C)Cc1cc(Br)cs1. The van der Waals surface area contributed by atoms with Crippen molar-refractivity contribution in [3.05, 3.63) is 20.8 Å². The molecule has 13 heavy (non-hydrogen) atoms. The van der Waals surface area contributed by atoms with E-state index in [0.29, 0.717) is 6.54 Å². The van der Waals surface area contributed by atoms with E-state index in [2.05, 4.69) is 27.4 Å². The summed E-state index contributed by atoms with van der Waals surface area (Å²) in [5.74, 6) is 0.207. The molecule has 0 N–H and O–H groups in total. The number of carbonyl (C=O) groups is 1. The van der Waals surface area contributed by atoms with Gasteiger partial charge in [0, 0.05) is 21.3 Å². The molecule has 1 rings (SSSR count). The van der Waals surface area contributed by atoms with E-state index in [-0.39, 0.29) is 5.78 Å². The Morgan fingerprint density at radius 3 is 2.85 bits per heavy atom. The number of rotatable bonds is 4. The summed E-state index contributed by atoms with van der Waals surface area (Å²) in [4.78, 5) is 14.1. The van der Waals surface area contributed by atoms with Crippen molar-refractivity contribution in [1.29, 1.82) is 0 Å². The molecule has 0 aliphatic rings. The Morgan fingerprint density at radius 1 is 1.69 bits per heavy atom. The van der Waals surface area contributed by atoms with Gasteiger partial charge in [0.15, 0.2) is 0 Å². The normalized spacial score (nSPS) is 10.8. The Balaban J connectivity index is 2.44. The average Bonchev–Trinajstić information content (AvgIpc) is 2.33. The molecular weight excluding hydrogens is 250 g/mol. The van der Waals surface area contributed by atoms with Crippen LogP contribution in [0, 0.1) is 0 Å². The van der Waals surface area contributed by atoms with E-state index in [1.54, 1.807) is 18.3 Å². The summed E-state index contributed by atoms with van der Waals surface area (Å²) >= 11 is 5.10. The molecule has 0 spiro atoms. The molecule has 72 valence electrons. The third-order valence-electron chi connectivity index (χ3n) is 1.54. The van der Waals surface area contributed by atoms with Crippen molar-refractivity contribution in [2.24, 2.45) is 0 Å². The fourth-order valence-electron chi connectivity index (χ4n) is 1.14. The number of carbonyl (C=O) groups excluding carboxylic acids is 1. The highest BCUT2D eigenvalue weighted by atomic mass is 79.9. The lowest BCUT2D eigenvalue weighted by Crippen LogP contribution is -2.23. The van der Waals surface area contributed by atoms with Crippen molar-refractivity contribution in [3.8, 4) is 0 Å². The maximum absolute atomic E-state index is 10.8. The van der Waals surface area contributed by atoms with Crippen molar-refractivity contribution in [2.45, 2.75) is 13.5 Å². The summed E-state index contributed by atoms with van der Waals surface area (Å²) in [6.07, 6.45) is 0. The third-order valence-corrected chi connectivity index (χ3v) is 3.22. The summed E-state index contributed by atoms with van der Waals surface area (Å²) in [5.41, 5.74) is 0. The summed E-state index contributed by atoms with van der Waals surface area (Å²) in [5, 5.41) is 2.05. The maximum atomic E-state index is 10.8. The van der Waals surface area contributed by atoms with Gasteiger partial charge in [0.25, 0.3) is 0 Å². The first-order valence-corrected chi connectivity index (χ1v) is 5.66. The van der Waals surface area contributed by atoms with Gasteiger partial charge in [0.1, 0.15) is 5.78 Å². The van der Waals surface area contributed by atoms with Crippen molar-refractivity contribution < 1.29 is 4.79 Å². The molecule has 0 bridgehead atoms. The number of Topliss-reactive ketones (excluding diaryl/α,β-unsaturated/α-hetero) is 1. The van der Waals surface area contributed by atoms with Gasteiger partial charge >= 0.3 is 0 Å². The van der Waals surface area contributed by atoms with Crippen molar-refractivity contribution in [1.82, 2.24) is 4.90 Å². The average molecular weight is 262 g/mol. The number of ketones is 1. The number of halogens is 1. The van der Waals surface area contributed by atoms with Crippen LogP contribution in [0.4, 0.5) is 0 Å². The molecule has 2 nitrogen and oxygen atoms in total. The van der Waals surface area contributed by atoms with Crippen molar-refractivity contribution in [2.75, 3.05) is 13.6 Å². The lowest BCUT2D eigenvalue weighted by molar-refractivity contribution is -0.117. The summed E-state index contributed by atoms with van der Waals surface area (Å²) < 4.78 is 1.11. The molecule has 0 aliphatic heterocycles. The Bertz CT molecular complexity index is 298. The fraction of sp³-hybridized carbons (Fsp3) is 0.444. The number of nitrogens with zero attached hydrogens (tertiary/aromatic N) is 1. The molecule has 0 amide bonds.